The van der Waals surface area contributed by atoms with E-state index in [1.54, 1.807) is 17.5 Å². The van der Waals surface area contributed by atoms with Gasteiger partial charge >= 0.3 is 0 Å². The maximum absolute atomic E-state index is 12.5. The normalized spacial score (nSPS) is 20.2. The molecule has 1 amide bonds. The number of carbonyl (C=O) groups excluding carboxylic acids is 1. The lowest BCUT2D eigenvalue weighted by molar-refractivity contribution is -0.122. The van der Waals surface area contributed by atoms with Gasteiger partial charge in [0, 0.05) is 37.2 Å². The quantitative estimate of drug-likeness (QED) is 0.659. The molecule has 1 aliphatic carbocycles. The summed E-state index contributed by atoms with van der Waals surface area (Å²) in [4.78, 5) is 21.5. The van der Waals surface area contributed by atoms with E-state index < -0.39 is 0 Å². The fourth-order valence-electron chi connectivity index (χ4n) is 3.56. The minimum absolute atomic E-state index is 0.0196. The molecule has 3 aromatic rings. The molecular weight excluding hydrogens is 358 g/mol. The van der Waals surface area contributed by atoms with E-state index in [0.717, 1.165) is 33.8 Å². The van der Waals surface area contributed by atoms with Crippen molar-refractivity contribution in [3.63, 3.8) is 0 Å². The third kappa shape index (κ3) is 4.51. The molecular formula is C21H23N3O2S. The standard InChI is InChI=1S/C21H23N3O2S/c25-16-11-14(12-16)18(13-15-5-3-4-10-22-15)23-20(26)8-9-21-24-17-6-1-2-7-19(17)27-21/h1-7,10,14,16,18,25H,8-9,11-13H2,(H,23,26)/t14?,16?,18-/m1/s1. The number of aromatic nitrogens is 2. The first kappa shape index (κ1) is 18.1. The van der Waals surface area contributed by atoms with Gasteiger partial charge in [0.25, 0.3) is 0 Å². The highest BCUT2D eigenvalue weighted by Crippen LogP contribution is 2.31. The number of pyridine rings is 1. The van der Waals surface area contributed by atoms with E-state index in [4.69, 9.17) is 0 Å². The molecule has 0 bridgehead atoms. The van der Waals surface area contributed by atoms with Crippen molar-refractivity contribution in [2.75, 3.05) is 0 Å². The number of hydrogen-bond acceptors (Lipinski definition) is 5. The molecule has 6 heteroatoms. The fourth-order valence-corrected chi connectivity index (χ4v) is 4.53. The second kappa shape index (κ2) is 8.15. The van der Waals surface area contributed by atoms with Crippen molar-refractivity contribution in [3.05, 3.63) is 59.4 Å². The second-order valence-corrected chi connectivity index (χ2v) is 8.28. The molecule has 0 aliphatic heterocycles. The fraction of sp³-hybridized carbons (Fsp3) is 0.381. The van der Waals surface area contributed by atoms with Gasteiger partial charge in [-0.05, 0) is 43.0 Å². The predicted octanol–water partition coefficient (Wildman–Crippen LogP) is 3.12. The molecule has 1 fully saturated rings. The molecule has 0 saturated heterocycles. The van der Waals surface area contributed by atoms with E-state index in [9.17, 15) is 9.90 Å². The highest BCUT2D eigenvalue weighted by molar-refractivity contribution is 7.18. The first-order chi connectivity index (χ1) is 13.2. The van der Waals surface area contributed by atoms with Crippen molar-refractivity contribution in [2.24, 2.45) is 5.92 Å². The third-order valence-corrected chi connectivity index (χ3v) is 6.22. The van der Waals surface area contributed by atoms with Gasteiger partial charge in [0.2, 0.25) is 5.91 Å². The summed E-state index contributed by atoms with van der Waals surface area (Å²) >= 11 is 1.65. The summed E-state index contributed by atoms with van der Waals surface area (Å²) < 4.78 is 1.16. The zero-order chi connectivity index (χ0) is 18.6. The number of amides is 1. The van der Waals surface area contributed by atoms with Gasteiger partial charge in [0.15, 0.2) is 0 Å². The molecule has 0 spiro atoms. The van der Waals surface area contributed by atoms with Crippen LogP contribution in [0.25, 0.3) is 10.2 Å². The lowest BCUT2D eigenvalue weighted by Crippen LogP contribution is -2.48. The lowest BCUT2D eigenvalue weighted by Gasteiger charge is -2.38. The Balaban J connectivity index is 1.36. The molecule has 1 aromatic carbocycles. The van der Waals surface area contributed by atoms with E-state index in [0.29, 0.717) is 25.2 Å². The summed E-state index contributed by atoms with van der Waals surface area (Å²) in [5.41, 5.74) is 1.96. The van der Waals surface area contributed by atoms with Gasteiger partial charge in [-0.1, -0.05) is 18.2 Å². The molecule has 140 valence electrons. The van der Waals surface area contributed by atoms with Gasteiger partial charge in [-0.15, -0.1) is 11.3 Å². The molecule has 4 rings (SSSR count). The van der Waals surface area contributed by atoms with Gasteiger partial charge < -0.3 is 10.4 Å². The number of carbonyl (C=O) groups is 1. The Kier molecular flexibility index (Phi) is 5.45. The highest BCUT2D eigenvalue weighted by atomic mass is 32.1. The van der Waals surface area contributed by atoms with Crippen LogP contribution in [0.4, 0.5) is 0 Å². The molecule has 1 aliphatic rings. The van der Waals surface area contributed by atoms with Crippen molar-refractivity contribution < 1.29 is 9.90 Å². The molecule has 0 radical (unpaired) electrons. The van der Waals surface area contributed by atoms with Crippen molar-refractivity contribution in [2.45, 2.75) is 44.2 Å². The number of aliphatic hydroxyl groups excluding tert-OH is 1. The topological polar surface area (TPSA) is 75.1 Å². The number of fused-ring (bicyclic) bond motifs is 1. The molecule has 0 unspecified atom stereocenters. The summed E-state index contributed by atoms with van der Waals surface area (Å²) in [6.45, 7) is 0. The SMILES string of the molecule is O=C(CCc1nc2ccccc2s1)N[C@H](Cc1ccccn1)C1CC(O)C1. The summed E-state index contributed by atoms with van der Waals surface area (Å²) in [6, 6.07) is 13.9. The first-order valence-corrected chi connectivity index (χ1v) is 10.2. The zero-order valence-corrected chi connectivity index (χ0v) is 15.9. The van der Waals surface area contributed by atoms with Gasteiger partial charge in [0.05, 0.1) is 21.3 Å². The number of rotatable bonds is 7. The Morgan fingerprint density at radius 2 is 2.04 bits per heavy atom. The van der Waals surface area contributed by atoms with E-state index in [1.807, 2.05) is 36.4 Å². The van der Waals surface area contributed by atoms with E-state index in [1.165, 1.54) is 0 Å². The van der Waals surface area contributed by atoms with Gasteiger partial charge in [-0.3, -0.25) is 9.78 Å². The number of hydrogen-bond donors (Lipinski definition) is 2. The van der Waals surface area contributed by atoms with Crippen LogP contribution in [-0.4, -0.2) is 33.1 Å². The summed E-state index contributed by atoms with van der Waals surface area (Å²) in [7, 11) is 0. The first-order valence-electron chi connectivity index (χ1n) is 9.39. The Morgan fingerprint density at radius 1 is 1.22 bits per heavy atom. The highest BCUT2D eigenvalue weighted by Gasteiger charge is 2.34. The molecule has 5 nitrogen and oxygen atoms in total. The van der Waals surface area contributed by atoms with Gasteiger partial charge in [0.1, 0.15) is 0 Å². The van der Waals surface area contributed by atoms with Crippen molar-refractivity contribution in [1.82, 2.24) is 15.3 Å². The van der Waals surface area contributed by atoms with Crippen molar-refractivity contribution in [1.29, 1.82) is 0 Å². The lowest BCUT2D eigenvalue weighted by atomic mass is 9.76. The summed E-state index contributed by atoms with van der Waals surface area (Å²) in [5, 5.41) is 13.8. The van der Waals surface area contributed by atoms with Gasteiger partial charge in [-0.25, -0.2) is 4.98 Å². The Hall–Kier alpha value is -2.31. The Bertz CT molecular complexity index is 873. The number of aryl methyl sites for hydroxylation is 1. The average Bonchev–Trinajstić information content (AvgIpc) is 3.07. The smallest absolute Gasteiger partial charge is 0.220 e. The van der Waals surface area contributed by atoms with Crippen LogP contribution in [0.3, 0.4) is 0 Å². The zero-order valence-electron chi connectivity index (χ0n) is 15.0. The second-order valence-electron chi connectivity index (χ2n) is 7.16. The van der Waals surface area contributed by atoms with Crippen LogP contribution in [0.1, 0.15) is 30.0 Å². The van der Waals surface area contributed by atoms with Crippen LogP contribution in [0.2, 0.25) is 0 Å². The molecule has 2 heterocycles. The molecule has 27 heavy (non-hydrogen) atoms. The Morgan fingerprint density at radius 3 is 2.78 bits per heavy atom. The average molecular weight is 382 g/mol. The van der Waals surface area contributed by atoms with E-state index in [-0.39, 0.29) is 18.1 Å². The van der Waals surface area contributed by atoms with Crippen molar-refractivity contribution >= 4 is 27.5 Å². The Labute approximate surface area is 162 Å². The van der Waals surface area contributed by atoms with Crippen molar-refractivity contribution in [3.8, 4) is 0 Å². The van der Waals surface area contributed by atoms with Gasteiger partial charge in [-0.2, -0.15) is 0 Å². The van der Waals surface area contributed by atoms with Crippen LogP contribution >= 0.6 is 11.3 Å². The van der Waals surface area contributed by atoms with Crippen LogP contribution in [-0.2, 0) is 17.6 Å². The number of nitrogens with zero attached hydrogens (tertiary/aromatic N) is 2. The number of thiazole rings is 1. The molecule has 1 saturated carbocycles. The molecule has 1 atom stereocenters. The maximum atomic E-state index is 12.5. The monoisotopic (exact) mass is 381 g/mol. The number of aliphatic hydroxyl groups is 1. The maximum Gasteiger partial charge on any atom is 0.220 e. The largest absolute Gasteiger partial charge is 0.393 e. The third-order valence-electron chi connectivity index (χ3n) is 5.12. The van der Waals surface area contributed by atoms with E-state index >= 15 is 0 Å². The predicted molar refractivity (Wildman–Crippen MR) is 107 cm³/mol. The van der Waals surface area contributed by atoms with E-state index in [2.05, 4.69) is 21.4 Å². The molecule has 2 N–H and O–H groups in total. The minimum Gasteiger partial charge on any atom is -0.393 e. The molecule has 2 aromatic heterocycles. The minimum atomic E-state index is -0.235. The van der Waals surface area contributed by atoms with Crippen LogP contribution in [0.5, 0.6) is 0 Å². The number of nitrogens with one attached hydrogen (secondary N) is 1. The summed E-state index contributed by atoms with van der Waals surface area (Å²) in [6.07, 6.45) is 4.80. The summed E-state index contributed by atoms with van der Waals surface area (Å²) in [5.74, 6) is 0.352. The van der Waals surface area contributed by atoms with Crippen LogP contribution < -0.4 is 5.32 Å². The number of para-hydroxylation sites is 1. The number of benzene rings is 1. The van der Waals surface area contributed by atoms with Crippen LogP contribution in [0.15, 0.2) is 48.7 Å². The van der Waals surface area contributed by atoms with Crippen LogP contribution in [0, 0.1) is 5.92 Å².